The van der Waals surface area contributed by atoms with Crippen molar-refractivity contribution in [3.05, 3.63) is 371 Å². The van der Waals surface area contributed by atoms with Crippen molar-refractivity contribution in [1.82, 2.24) is 0 Å². The lowest BCUT2D eigenvalue weighted by Crippen LogP contribution is -1.83. The van der Waals surface area contributed by atoms with Gasteiger partial charge in [0.25, 0.3) is 0 Å². The lowest BCUT2D eigenvalue weighted by atomic mass is 9.98. The van der Waals surface area contributed by atoms with Gasteiger partial charge in [0, 0.05) is 0 Å². The van der Waals surface area contributed by atoms with E-state index in [9.17, 15) is 0 Å². The zero-order chi connectivity index (χ0) is 79.3. The second-order valence-electron chi connectivity index (χ2n) is 22.1. The Balaban J connectivity index is 0.000000417. The maximum atomic E-state index is 2.34. The molecule has 0 unspecified atom stereocenters. The summed E-state index contributed by atoms with van der Waals surface area (Å²) in [5, 5.41) is 8.15. The number of benzene rings is 14. The van der Waals surface area contributed by atoms with Crippen LogP contribution in [-0.4, -0.2) is 0 Å². The maximum Gasteiger partial charge on any atom is -0.000729 e. The van der Waals surface area contributed by atoms with Crippen molar-refractivity contribution in [2.75, 3.05) is 0 Å². The van der Waals surface area contributed by atoms with Gasteiger partial charge in [0.15, 0.2) is 0 Å². The van der Waals surface area contributed by atoms with Gasteiger partial charge in [0.05, 0.1) is 0 Å². The molecule has 0 radical (unpaired) electrons. The van der Waals surface area contributed by atoms with E-state index in [1.165, 1.54) is 144 Å². The van der Waals surface area contributed by atoms with E-state index >= 15 is 0 Å². The zero-order valence-corrected chi connectivity index (χ0v) is 70.6. The summed E-state index contributed by atoms with van der Waals surface area (Å²) in [7, 11) is 0. The summed E-state index contributed by atoms with van der Waals surface area (Å²) in [6.07, 6.45) is 5.44. The average Bonchev–Trinajstić information content (AvgIpc) is 1.65. The van der Waals surface area contributed by atoms with Crippen LogP contribution in [0, 0.1) is 0 Å². The van der Waals surface area contributed by atoms with E-state index in [4.69, 9.17) is 0 Å². The number of hydrogen-bond acceptors (Lipinski definition) is 0. The van der Waals surface area contributed by atoms with Crippen molar-refractivity contribution in [3.8, 4) is 55.6 Å². The minimum absolute atomic E-state index is 1.08. The summed E-state index contributed by atoms with van der Waals surface area (Å²) in [6.45, 7) is 48.0. The van der Waals surface area contributed by atoms with Crippen LogP contribution in [0.5, 0.6) is 0 Å². The first-order valence-corrected chi connectivity index (χ1v) is 41.3. The summed E-state index contributed by atoms with van der Waals surface area (Å²) in [5.74, 6) is 0. The summed E-state index contributed by atoms with van der Waals surface area (Å²) in [6, 6.07) is 112. The number of rotatable bonds is 0. The fourth-order valence-corrected chi connectivity index (χ4v) is 13.2. The van der Waals surface area contributed by atoms with Crippen LogP contribution < -0.4 is 0 Å². The third-order valence-electron chi connectivity index (χ3n) is 17.1. The highest BCUT2D eigenvalue weighted by molar-refractivity contribution is 6.01. The smallest absolute Gasteiger partial charge is 0.000729 e. The van der Waals surface area contributed by atoms with E-state index in [0.717, 1.165) is 32.1 Å². The fraction of sp³-hybridized carbons (Fsp3) is 0.271. The molecule has 107 heavy (non-hydrogen) atoms. The van der Waals surface area contributed by atoms with Gasteiger partial charge in [-0.3, -0.25) is 0 Å². The highest BCUT2D eigenvalue weighted by atomic mass is 14.3. The van der Waals surface area contributed by atoms with Crippen LogP contribution in [0.4, 0.5) is 0 Å². The van der Waals surface area contributed by atoms with Crippen molar-refractivity contribution in [3.63, 3.8) is 0 Å². The van der Waals surface area contributed by atoms with Gasteiger partial charge >= 0.3 is 0 Å². The Labute approximate surface area is 653 Å². The molecule has 0 heteroatoms. The van der Waals surface area contributed by atoms with Crippen molar-refractivity contribution in [2.24, 2.45) is 0 Å². The molecule has 0 atom stereocenters. The average molecular weight is 1420 g/mol. The minimum Gasteiger partial charge on any atom is -0.0683 e. The minimum atomic E-state index is 1.08. The SMILES string of the molecule is CC.CC.CC.CC.CC.CC.CC.CC.CC.CC.CC.CC.c1ccc2c(c1)Cc1c-2ccc2ccccc12.c1ccc2c(c1)Cc1cc3ccccc3cc1-2.c1ccc2c(c1)Cc1ccc3ccccc3c1-2.c1ccc2c(c1)Cc1ccccc1-2.c1ccc2c(c1)Cc1ccccc1-2.c1ccccc1. The summed E-state index contributed by atoms with van der Waals surface area (Å²) in [5.41, 5.74) is 28.8. The van der Waals surface area contributed by atoms with Crippen LogP contribution in [-0.2, 0) is 32.1 Å². The first kappa shape index (κ1) is 92.9. The maximum absolute atomic E-state index is 2.34. The topological polar surface area (TPSA) is 0 Å². The Morgan fingerprint density at radius 2 is 0.383 bits per heavy atom. The van der Waals surface area contributed by atoms with E-state index in [-0.39, 0.29) is 0 Å². The molecule has 5 aliphatic carbocycles. The molecule has 0 spiro atoms. The van der Waals surface area contributed by atoms with Gasteiger partial charge < -0.3 is 0 Å². The fourth-order valence-electron chi connectivity index (χ4n) is 13.2. The summed E-state index contributed by atoms with van der Waals surface area (Å²) >= 11 is 0. The number of hydrogen-bond donors (Lipinski definition) is 0. The third kappa shape index (κ3) is 25.0. The van der Waals surface area contributed by atoms with Crippen molar-refractivity contribution in [1.29, 1.82) is 0 Å². The van der Waals surface area contributed by atoms with E-state index in [0.29, 0.717) is 0 Å². The van der Waals surface area contributed by atoms with Gasteiger partial charge in [0.2, 0.25) is 0 Å². The molecular weight excluding hydrogens is 1290 g/mol. The van der Waals surface area contributed by atoms with Crippen LogP contribution >= 0.6 is 0 Å². The van der Waals surface area contributed by atoms with Crippen LogP contribution in [0.2, 0.25) is 0 Å². The molecular formula is C107H134. The van der Waals surface area contributed by atoms with Crippen LogP contribution in [0.3, 0.4) is 0 Å². The Bertz CT molecular complexity index is 4430. The molecule has 0 bridgehead atoms. The van der Waals surface area contributed by atoms with Gasteiger partial charge in [-0.1, -0.05) is 476 Å². The summed E-state index contributed by atoms with van der Waals surface area (Å²) in [4.78, 5) is 0. The monoisotopic (exact) mass is 1420 g/mol. The molecule has 0 fully saturated rings. The highest BCUT2D eigenvalue weighted by Crippen LogP contribution is 2.43. The molecule has 0 saturated heterocycles. The van der Waals surface area contributed by atoms with Gasteiger partial charge in [-0.15, -0.1) is 0 Å². The molecule has 0 N–H and O–H groups in total. The first-order chi connectivity index (χ1) is 53.2. The van der Waals surface area contributed by atoms with Crippen molar-refractivity contribution in [2.45, 2.75) is 198 Å². The Hall–Kier alpha value is -10.1. The molecule has 0 nitrogen and oxygen atoms in total. The summed E-state index contributed by atoms with van der Waals surface area (Å²) < 4.78 is 0. The third-order valence-corrected chi connectivity index (χ3v) is 17.1. The van der Waals surface area contributed by atoms with E-state index in [1.54, 1.807) is 0 Å². The second-order valence-corrected chi connectivity index (χ2v) is 22.1. The van der Waals surface area contributed by atoms with Crippen molar-refractivity contribution < 1.29 is 0 Å². The molecule has 14 aromatic rings. The molecule has 0 heterocycles. The standard InChI is InChI=1S/3C17H12.2C13H10.C6H6.12C2H6/c1-3-7-15-12(5-1)9-10-14-11-13-6-2-4-8-16(13)17(14)15;1-3-7-14-12(5-1)9-10-16-15-8-4-2-6-13(15)11-17(14)16;1-2-6-13-11-17-15(9-12(13)5-1)10-14-7-3-4-8-16(14)17;2*1-3-7-12-10(5-1)9-11-6-2-4-8-13(11)12;1-2-4-6-5-3-1;12*1-2/h2*1-10H,11H2;1-9,11H,10H2;2*1-8H,9H2;1-6H;12*1-2H3. The Morgan fingerprint density at radius 1 is 0.140 bits per heavy atom. The molecule has 14 aromatic carbocycles. The van der Waals surface area contributed by atoms with Gasteiger partial charge in [0.1, 0.15) is 0 Å². The molecule has 0 aromatic heterocycles. The zero-order valence-electron chi connectivity index (χ0n) is 70.6. The predicted octanol–water partition coefficient (Wildman–Crippen LogP) is 33.7. The second kappa shape index (κ2) is 55.3. The molecule has 0 amide bonds. The molecule has 5 aliphatic rings. The normalized spacial score (nSPS) is 10.1. The lowest BCUT2D eigenvalue weighted by Gasteiger charge is -2.06. The van der Waals surface area contributed by atoms with Crippen LogP contribution in [0.25, 0.3) is 88.0 Å². The highest BCUT2D eigenvalue weighted by Gasteiger charge is 2.22. The van der Waals surface area contributed by atoms with E-state index in [2.05, 4.69) is 279 Å². The van der Waals surface area contributed by atoms with Crippen molar-refractivity contribution >= 4 is 32.3 Å². The first-order valence-electron chi connectivity index (χ1n) is 41.3. The Kier molecular flexibility index (Phi) is 48.1. The van der Waals surface area contributed by atoms with Crippen LogP contribution in [0.15, 0.2) is 315 Å². The van der Waals surface area contributed by atoms with Gasteiger partial charge in [-0.2, -0.15) is 0 Å². The largest absolute Gasteiger partial charge is 0.0683 e. The molecule has 562 valence electrons. The predicted molar refractivity (Wildman–Crippen MR) is 489 cm³/mol. The molecule has 0 saturated carbocycles. The van der Waals surface area contributed by atoms with E-state index in [1.807, 2.05) is 203 Å². The van der Waals surface area contributed by atoms with Crippen LogP contribution in [0.1, 0.15) is 222 Å². The number of fused-ring (bicyclic) bond motifs is 20. The lowest BCUT2D eigenvalue weighted by molar-refractivity contribution is 1.26. The molecule has 0 aliphatic heterocycles. The Morgan fingerprint density at radius 3 is 0.766 bits per heavy atom. The van der Waals surface area contributed by atoms with Gasteiger partial charge in [-0.25, -0.2) is 0 Å². The molecule has 19 rings (SSSR count). The quantitative estimate of drug-likeness (QED) is 0.142. The van der Waals surface area contributed by atoms with E-state index < -0.39 is 0 Å². The van der Waals surface area contributed by atoms with Gasteiger partial charge in [-0.05, 0) is 182 Å².